The smallest absolute Gasteiger partial charge is 0.159 e. The molecule has 0 spiro atoms. The zero-order valence-electron chi connectivity index (χ0n) is 12.4. The van der Waals surface area contributed by atoms with Gasteiger partial charge in [-0.3, -0.25) is 4.90 Å². The van der Waals surface area contributed by atoms with Crippen molar-refractivity contribution in [3.8, 4) is 0 Å². The third-order valence-electron chi connectivity index (χ3n) is 3.48. The van der Waals surface area contributed by atoms with Gasteiger partial charge in [-0.2, -0.15) is 0 Å². The van der Waals surface area contributed by atoms with Crippen molar-refractivity contribution in [1.29, 1.82) is 0 Å². The van der Waals surface area contributed by atoms with E-state index in [4.69, 9.17) is 0 Å². The highest BCUT2D eigenvalue weighted by Crippen LogP contribution is 2.18. The summed E-state index contributed by atoms with van der Waals surface area (Å²) in [4.78, 5) is 1.68. The third kappa shape index (κ3) is 5.33. The van der Waals surface area contributed by atoms with E-state index in [1.807, 2.05) is 0 Å². The summed E-state index contributed by atoms with van der Waals surface area (Å²) in [6, 6.07) is 2.93. The predicted molar refractivity (Wildman–Crippen MR) is 77.7 cm³/mol. The second-order valence-electron chi connectivity index (χ2n) is 5.18. The van der Waals surface area contributed by atoms with E-state index in [0.29, 0.717) is 0 Å². The van der Waals surface area contributed by atoms with Crippen molar-refractivity contribution in [2.24, 2.45) is 0 Å². The number of hydrogen-bond acceptors (Lipinski definition) is 4. The molecule has 2 unspecified atom stereocenters. The summed E-state index contributed by atoms with van der Waals surface area (Å²) in [6.45, 7) is 3.45. The first-order valence-corrected chi connectivity index (χ1v) is 8.52. The van der Waals surface area contributed by atoms with E-state index in [2.05, 4.69) is 0 Å². The van der Waals surface area contributed by atoms with Crippen LogP contribution in [0.2, 0.25) is 0 Å². The Labute approximate surface area is 124 Å². The molecule has 120 valence electrons. The van der Waals surface area contributed by atoms with Crippen LogP contribution in [0.5, 0.6) is 0 Å². The maximum Gasteiger partial charge on any atom is 0.159 e. The number of benzene rings is 1. The van der Waals surface area contributed by atoms with Crippen LogP contribution in [-0.4, -0.2) is 49.6 Å². The summed E-state index contributed by atoms with van der Waals surface area (Å²) in [7, 11) is -1.43. The zero-order valence-corrected chi connectivity index (χ0v) is 13.2. The Morgan fingerprint density at radius 3 is 2.43 bits per heavy atom. The lowest BCUT2D eigenvalue weighted by Gasteiger charge is -2.26. The Morgan fingerprint density at radius 1 is 1.29 bits per heavy atom. The Balaban J connectivity index is 2.69. The molecule has 0 aliphatic rings. The fraction of sp³-hybridized carbons (Fsp3) is 0.571. The number of aliphatic hydroxyl groups is 1. The molecule has 0 saturated heterocycles. The molecule has 7 heteroatoms. The molecule has 0 saturated carbocycles. The van der Waals surface area contributed by atoms with Gasteiger partial charge in [-0.1, -0.05) is 13.0 Å². The summed E-state index contributed by atoms with van der Waals surface area (Å²) in [5.41, 5.74) is 0.256. The number of likely N-dealkylation sites (N-methyl/N-ethyl adjacent to an activating group) is 1. The highest BCUT2D eigenvalue weighted by Gasteiger charge is 2.20. The summed E-state index contributed by atoms with van der Waals surface area (Å²) in [6.07, 6.45) is -1.02. The molecule has 0 aliphatic carbocycles. The van der Waals surface area contributed by atoms with Crippen molar-refractivity contribution < 1.29 is 22.3 Å². The molecular formula is C14H21F2NO3S. The molecule has 0 fully saturated rings. The quantitative estimate of drug-likeness (QED) is 0.831. The van der Waals surface area contributed by atoms with E-state index in [9.17, 15) is 22.3 Å². The maximum atomic E-state index is 13.1. The SMILES string of the molecule is CCS(=O)(=O)CC(C)N(C)CC(O)c1ccc(F)c(F)c1. The van der Waals surface area contributed by atoms with Crippen molar-refractivity contribution >= 4 is 9.84 Å². The van der Waals surface area contributed by atoms with Crippen LogP contribution in [-0.2, 0) is 9.84 Å². The molecule has 0 heterocycles. The predicted octanol–water partition coefficient (Wildman–Crippen LogP) is 1.75. The molecule has 4 nitrogen and oxygen atoms in total. The van der Waals surface area contributed by atoms with E-state index in [1.165, 1.54) is 6.07 Å². The van der Waals surface area contributed by atoms with E-state index in [0.717, 1.165) is 12.1 Å². The standard InChI is InChI=1S/C14H21F2NO3S/c1-4-21(19,20)9-10(2)17(3)8-14(18)11-5-6-12(15)13(16)7-11/h5-7,10,14,18H,4,8-9H2,1-3H3. The lowest BCUT2D eigenvalue weighted by atomic mass is 10.1. The van der Waals surface area contributed by atoms with Gasteiger partial charge in [0.1, 0.15) is 0 Å². The van der Waals surface area contributed by atoms with E-state index in [1.54, 1.807) is 25.8 Å². The minimum Gasteiger partial charge on any atom is -0.387 e. The molecular weight excluding hydrogens is 300 g/mol. The lowest BCUT2D eigenvalue weighted by molar-refractivity contribution is 0.112. The molecule has 1 rings (SSSR count). The van der Waals surface area contributed by atoms with Crippen LogP contribution in [0.25, 0.3) is 0 Å². The van der Waals surface area contributed by atoms with Crippen molar-refractivity contribution in [3.05, 3.63) is 35.4 Å². The van der Waals surface area contributed by atoms with Gasteiger partial charge in [0.05, 0.1) is 11.9 Å². The Kier molecular flexibility index (Phi) is 6.24. The number of rotatable bonds is 7. The molecule has 2 atom stereocenters. The van der Waals surface area contributed by atoms with Crippen LogP contribution in [0.4, 0.5) is 8.78 Å². The van der Waals surface area contributed by atoms with Crippen LogP contribution in [0.3, 0.4) is 0 Å². The van der Waals surface area contributed by atoms with Crippen molar-refractivity contribution in [1.82, 2.24) is 4.90 Å². The minimum absolute atomic E-state index is 0.00943. The average molecular weight is 321 g/mol. The molecule has 0 amide bonds. The number of halogens is 2. The average Bonchev–Trinajstić information content (AvgIpc) is 2.41. The Hall–Kier alpha value is -1.05. The zero-order chi connectivity index (χ0) is 16.2. The number of aliphatic hydroxyl groups excluding tert-OH is 1. The lowest BCUT2D eigenvalue weighted by Crippen LogP contribution is -2.38. The topological polar surface area (TPSA) is 57.6 Å². The van der Waals surface area contributed by atoms with Gasteiger partial charge < -0.3 is 5.11 Å². The second kappa shape index (κ2) is 7.29. The van der Waals surface area contributed by atoms with Gasteiger partial charge in [0.15, 0.2) is 21.5 Å². The molecule has 1 aromatic carbocycles. The first-order chi connectivity index (χ1) is 9.66. The monoisotopic (exact) mass is 321 g/mol. The number of nitrogens with zero attached hydrogens (tertiary/aromatic N) is 1. The molecule has 0 bridgehead atoms. The maximum absolute atomic E-state index is 13.1. The number of sulfone groups is 1. The fourth-order valence-electron chi connectivity index (χ4n) is 1.89. The van der Waals surface area contributed by atoms with Crippen LogP contribution in [0.15, 0.2) is 18.2 Å². The summed E-state index contributed by atoms with van der Waals surface area (Å²) in [5, 5.41) is 10.0. The first-order valence-electron chi connectivity index (χ1n) is 6.70. The van der Waals surface area contributed by atoms with Crippen LogP contribution in [0, 0.1) is 11.6 Å². The second-order valence-corrected chi connectivity index (χ2v) is 7.57. The van der Waals surface area contributed by atoms with Crippen molar-refractivity contribution in [2.75, 3.05) is 25.1 Å². The number of hydrogen-bond donors (Lipinski definition) is 1. The van der Waals surface area contributed by atoms with Gasteiger partial charge in [-0.15, -0.1) is 0 Å². The van der Waals surface area contributed by atoms with Crippen molar-refractivity contribution in [3.63, 3.8) is 0 Å². The molecule has 1 N–H and O–H groups in total. The molecule has 1 aromatic rings. The van der Waals surface area contributed by atoms with Gasteiger partial charge >= 0.3 is 0 Å². The third-order valence-corrected chi connectivity index (χ3v) is 5.35. The first kappa shape index (κ1) is 18.0. The molecule has 21 heavy (non-hydrogen) atoms. The fourth-order valence-corrected chi connectivity index (χ4v) is 3.12. The molecule has 0 radical (unpaired) electrons. The minimum atomic E-state index is -3.11. The van der Waals surface area contributed by atoms with E-state index in [-0.39, 0.29) is 29.7 Å². The Bertz CT molecular complexity index is 578. The normalized spacial score (nSPS) is 15.2. The highest BCUT2D eigenvalue weighted by molar-refractivity contribution is 7.91. The van der Waals surface area contributed by atoms with E-state index >= 15 is 0 Å². The summed E-state index contributed by atoms with van der Waals surface area (Å²) >= 11 is 0. The molecule has 0 aliphatic heterocycles. The van der Waals surface area contributed by atoms with Gasteiger partial charge in [-0.05, 0) is 31.7 Å². The largest absolute Gasteiger partial charge is 0.387 e. The molecule has 0 aromatic heterocycles. The van der Waals surface area contributed by atoms with Crippen molar-refractivity contribution in [2.45, 2.75) is 26.0 Å². The van der Waals surface area contributed by atoms with Crippen LogP contribution < -0.4 is 0 Å². The van der Waals surface area contributed by atoms with Gasteiger partial charge in [-0.25, -0.2) is 17.2 Å². The Morgan fingerprint density at radius 2 is 1.90 bits per heavy atom. The van der Waals surface area contributed by atoms with Crippen LogP contribution >= 0.6 is 0 Å². The van der Waals surface area contributed by atoms with Gasteiger partial charge in [0.2, 0.25) is 0 Å². The van der Waals surface area contributed by atoms with Gasteiger partial charge in [0, 0.05) is 18.3 Å². The highest BCUT2D eigenvalue weighted by atomic mass is 32.2. The van der Waals surface area contributed by atoms with Gasteiger partial charge in [0.25, 0.3) is 0 Å². The summed E-state index contributed by atoms with van der Waals surface area (Å²) in [5.74, 6) is -1.93. The summed E-state index contributed by atoms with van der Waals surface area (Å²) < 4.78 is 49.1. The van der Waals surface area contributed by atoms with Crippen LogP contribution in [0.1, 0.15) is 25.5 Å². The van der Waals surface area contributed by atoms with E-state index < -0.39 is 27.6 Å².